The monoisotopic (exact) mass is 200 g/mol. The Balaban J connectivity index is 2.05. The van der Waals surface area contributed by atoms with E-state index in [4.69, 9.17) is 5.26 Å². The predicted octanol–water partition coefficient (Wildman–Crippen LogP) is 2.16. The van der Waals surface area contributed by atoms with E-state index in [9.17, 15) is 0 Å². The van der Waals surface area contributed by atoms with Crippen molar-refractivity contribution >= 4 is 23.5 Å². The molecule has 0 spiro atoms. The molecular formula is C8H12N2S2. The number of nitrogens with zero attached hydrogens (tertiary/aromatic N) is 1. The smallest absolute Gasteiger partial charge is 0.0732 e. The molecule has 0 saturated carbocycles. The maximum absolute atomic E-state index is 8.30. The minimum absolute atomic E-state index is 0.525. The lowest BCUT2D eigenvalue weighted by molar-refractivity contribution is 0.825. The van der Waals surface area contributed by atoms with Crippen molar-refractivity contribution < 1.29 is 0 Å². The number of hydrogen-bond acceptors (Lipinski definition) is 4. The fraction of sp³-hybridized carbons (Fsp3) is 0.625. The van der Waals surface area contributed by atoms with Gasteiger partial charge in [-0.3, -0.25) is 0 Å². The van der Waals surface area contributed by atoms with Gasteiger partial charge in [0.25, 0.3) is 0 Å². The van der Waals surface area contributed by atoms with Gasteiger partial charge < -0.3 is 5.32 Å². The molecule has 0 bridgehead atoms. The summed E-state index contributed by atoms with van der Waals surface area (Å²) >= 11 is 3.63. The molecule has 2 nitrogen and oxygen atoms in total. The second kappa shape index (κ2) is 5.39. The van der Waals surface area contributed by atoms with Gasteiger partial charge in [-0.15, -0.1) is 11.8 Å². The molecule has 66 valence electrons. The number of nitrogens with one attached hydrogen (secondary N) is 1. The Labute approximate surface area is 81.8 Å². The highest BCUT2D eigenvalue weighted by Gasteiger charge is 2.10. The summed E-state index contributed by atoms with van der Waals surface area (Å²) in [6.45, 7) is 2.15. The van der Waals surface area contributed by atoms with Crippen LogP contribution in [0, 0.1) is 11.3 Å². The zero-order valence-electron chi connectivity index (χ0n) is 7.04. The Kier molecular flexibility index (Phi) is 4.41. The molecule has 4 heteroatoms. The fourth-order valence-corrected chi connectivity index (χ4v) is 2.50. The van der Waals surface area contributed by atoms with Gasteiger partial charge in [-0.1, -0.05) is 0 Å². The van der Waals surface area contributed by atoms with Gasteiger partial charge in [0.2, 0.25) is 0 Å². The van der Waals surface area contributed by atoms with Gasteiger partial charge in [0.15, 0.2) is 0 Å². The molecule has 0 aromatic heterocycles. The van der Waals surface area contributed by atoms with Crippen LogP contribution in [0.3, 0.4) is 0 Å². The molecule has 1 N–H and O–H groups in total. The number of hydrogen-bond donors (Lipinski definition) is 1. The van der Waals surface area contributed by atoms with Crippen LogP contribution in [0.25, 0.3) is 0 Å². The summed E-state index contributed by atoms with van der Waals surface area (Å²) < 4.78 is 0. The highest BCUT2D eigenvalue weighted by atomic mass is 32.2. The lowest BCUT2D eigenvalue weighted by Gasteiger charge is -2.05. The van der Waals surface area contributed by atoms with Gasteiger partial charge in [-0.25, -0.2) is 0 Å². The van der Waals surface area contributed by atoms with Crippen LogP contribution in [0.5, 0.6) is 0 Å². The Morgan fingerprint density at radius 1 is 1.83 bits per heavy atom. The van der Waals surface area contributed by atoms with Crippen LogP contribution in [-0.4, -0.2) is 16.9 Å². The van der Waals surface area contributed by atoms with Gasteiger partial charge in [-0.2, -0.15) is 17.0 Å². The van der Waals surface area contributed by atoms with Crippen molar-refractivity contribution in [2.24, 2.45) is 0 Å². The minimum Gasteiger partial charge on any atom is -0.375 e. The summed E-state index contributed by atoms with van der Waals surface area (Å²) in [7, 11) is 0. The number of nitriles is 1. The molecule has 1 atom stereocenters. The molecule has 1 aliphatic rings. The van der Waals surface area contributed by atoms with Crippen LogP contribution >= 0.6 is 23.5 Å². The highest BCUT2D eigenvalue weighted by Crippen LogP contribution is 2.22. The van der Waals surface area contributed by atoms with Crippen molar-refractivity contribution in [2.45, 2.75) is 18.7 Å². The molecule has 1 rings (SSSR count). The van der Waals surface area contributed by atoms with Crippen molar-refractivity contribution in [2.75, 3.05) is 11.5 Å². The molecule has 0 aromatic carbocycles. The van der Waals surface area contributed by atoms with Crippen molar-refractivity contribution in [1.82, 2.24) is 5.32 Å². The Morgan fingerprint density at radius 3 is 3.25 bits per heavy atom. The van der Waals surface area contributed by atoms with Crippen LogP contribution in [-0.2, 0) is 0 Å². The van der Waals surface area contributed by atoms with E-state index < -0.39 is 0 Å². The third-order valence-corrected chi connectivity index (χ3v) is 3.37. The topological polar surface area (TPSA) is 35.8 Å². The van der Waals surface area contributed by atoms with E-state index in [1.807, 2.05) is 23.5 Å². The summed E-state index contributed by atoms with van der Waals surface area (Å²) in [5.74, 6) is 1.95. The molecule has 0 amide bonds. The minimum atomic E-state index is 0.525. The van der Waals surface area contributed by atoms with E-state index in [1.54, 1.807) is 0 Å². The first kappa shape index (κ1) is 9.82. The summed E-state index contributed by atoms with van der Waals surface area (Å²) in [5, 5.41) is 14.3. The Bertz CT molecular complexity index is 208. The largest absolute Gasteiger partial charge is 0.375 e. The van der Waals surface area contributed by atoms with E-state index in [0.717, 1.165) is 11.5 Å². The zero-order chi connectivity index (χ0) is 8.81. The average Bonchev–Trinajstić information content (AvgIpc) is 2.45. The fourth-order valence-electron chi connectivity index (χ4n) is 0.889. The second-order valence-electron chi connectivity index (χ2n) is 2.53. The predicted molar refractivity (Wildman–Crippen MR) is 55.8 cm³/mol. The third kappa shape index (κ3) is 3.42. The van der Waals surface area contributed by atoms with Gasteiger partial charge >= 0.3 is 0 Å². The summed E-state index contributed by atoms with van der Waals surface area (Å²) in [6.07, 6.45) is 0.653. The Hall–Kier alpha value is -0.270. The zero-order valence-corrected chi connectivity index (χ0v) is 8.67. The van der Waals surface area contributed by atoms with Crippen molar-refractivity contribution in [3.63, 3.8) is 0 Å². The van der Waals surface area contributed by atoms with Gasteiger partial charge in [0, 0.05) is 23.6 Å². The SMILES string of the molecule is CC1NC(CSCCC#N)=CS1. The quantitative estimate of drug-likeness (QED) is 0.705. The van der Waals surface area contributed by atoms with E-state index in [0.29, 0.717) is 11.8 Å². The lowest BCUT2D eigenvalue weighted by atomic mass is 10.5. The first-order valence-corrected chi connectivity index (χ1v) is 5.98. The molecule has 1 aliphatic heterocycles. The molecule has 0 aliphatic carbocycles. The van der Waals surface area contributed by atoms with Crippen LogP contribution in [0.15, 0.2) is 11.1 Å². The summed E-state index contributed by atoms with van der Waals surface area (Å²) in [5.41, 5.74) is 1.30. The van der Waals surface area contributed by atoms with Crippen molar-refractivity contribution in [3.8, 4) is 6.07 Å². The van der Waals surface area contributed by atoms with Gasteiger partial charge in [0.05, 0.1) is 11.4 Å². The standard InChI is InChI=1S/C8H12N2S2/c1-7-10-8(6-12-7)5-11-4-2-3-9/h6-7,10H,2,4-5H2,1H3. The van der Waals surface area contributed by atoms with Crippen LogP contribution in [0.1, 0.15) is 13.3 Å². The van der Waals surface area contributed by atoms with E-state index in [2.05, 4.69) is 23.7 Å². The number of rotatable bonds is 4. The van der Waals surface area contributed by atoms with Crippen LogP contribution in [0.2, 0.25) is 0 Å². The average molecular weight is 200 g/mol. The van der Waals surface area contributed by atoms with Crippen LogP contribution in [0.4, 0.5) is 0 Å². The van der Waals surface area contributed by atoms with E-state index in [1.165, 1.54) is 5.70 Å². The normalized spacial score (nSPS) is 21.3. The van der Waals surface area contributed by atoms with Crippen molar-refractivity contribution in [1.29, 1.82) is 5.26 Å². The molecule has 0 fully saturated rings. The van der Waals surface area contributed by atoms with Crippen LogP contribution < -0.4 is 5.32 Å². The first-order valence-electron chi connectivity index (χ1n) is 3.88. The summed E-state index contributed by atoms with van der Waals surface area (Å²) in [6, 6.07) is 2.14. The maximum atomic E-state index is 8.30. The highest BCUT2D eigenvalue weighted by molar-refractivity contribution is 8.03. The first-order chi connectivity index (χ1) is 5.83. The molecule has 1 heterocycles. The number of thioether (sulfide) groups is 2. The molecule has 0 aromatic rings. The molecule has 0 radical (unpaired) electrons. The van der Waals surface area contributed by atoms with Crippen molar-refractivity contribution in [3.05, 3.63) is 11.1 Å². The lowest BCUT2D eigenvalue weighted by Crippen LogP contribution is -2.17. The summed E-state index contributed by atoms with van der Waals surface area (Å²) in [4.78, 5) is 0. The molecule has 0 saturated heterocycles. The third-order valence-electron chi connectivity index (χ3n) is 1.42. The second-order valence-corrected chi connectivity index (χ2v) is 4.85. The van der Waals surface area contributed by atoms with Gasteiger partial charge in [0.1, 0.15) is 0 Å². The van der Waals surface area contributed by atoms with Gasteiger partial charge in [-0.05, 0) is 12.3 Å². The Morgan fingerprint density at radius 2 is 2.67 bits per heavy atom. The molecular weight excluding hydrogens is 188 g/mol. The molecule has 1 unspecified atom stereocenters. The maximum Gasteiger partial charge on any atom is 0.0732 e. The van der Waals surface area contributed by atoms with E-state index >= 15 is 0 Å². The molecule has 12 heavy (non-hydrogen) atoms. The van der Waals surface area contributed by atoms with E-state index in [-0.39, 0.29) is 0 Å².